The van der Waals surface area contributed by atoms with Crippen molar-refractivity contribution >= 4 is 45.1 Å². The molecule has 0 unspecified atom stereocenters. The third kappa shape index (κ3) is 3.67. The highest BCUT2D eigenvalue weighted by Crippen LogP contribution is 2.24. The lowest BCUT2D eigenvalue weighted by Crippen LogP contribution is -2.40. The van der Waals surface area contributed by atoms with Crippen molar-refractivity contribution in [3.05, 3.63) is 20.8 Å². The fourth-order valence-corrected chi connectivity index (χ4v) is 3.86. The van der Waals surface area contributed by atoms with Crippen molar-refractivity contribution in [1.82, 2.24) is 9.80 Å². The molecule has 0 saturated carbocycles. The number of thiophene rings is 1. The van der Waals surface area contributed by atoms with Gasteiger partial charge in [-0.3, -0.25) is 14.4 Å². The average molecular weight is 389 g/mol. The molecular weight excluding hydrogens is 372 g/mol. The van der Waals surface area contributed by atoms with Gasteiger partial charge in [0.2, 0.25) is 5.91 Å². The monoisotopic (exact) mass is 388 g/mol. The first-order valence-corrected chi connectivity index (χ1v) is 8.42. The minimum Gasteiger partial charge on any atom is -0.481 e. The molecular formula is C14H17BrN2O4S. The molecule has 0 spiro atoms. The molecule has 1 fully saturated rings. The normalized spacial score (nSPS) is 21.0. The number of carboxylic acid groups (broad SMARTS) is 1. The molecule has 1 aromatic heterocycles. The molecule has 0 aliphatic carbocycles. The van der Waals surface area contributed by atoms with Crippen LogP contribution in [0.5, 0.6) is 0 Å². The second-order valence-corrected chi connectivity index (χ2v) is 7.95. The smallest absolute Gasteiger partial charge is 0.308 e. The van der Waals surface area contributed by atoms with Gasteiger partial charge in [0.05, 0.1) is 21.1 Å². The van der Waals surface area contributed by atoms with Crippen molar-refractivity contribution in [3.63, 3.8) is 0 Å². The van der Waals surface area contributed by atoms with E-state index in [9.17, 15) is 14.4 Å². The van der Waals surface area contributed by atoms with Crippen molar-refractivity contribution in [1.29, 1.82) is 0 Å². The molecule has 1 N–H and O–H groups in total. The third-order valence-corrected chi connectivity index (χ3v) is 5.40. The fraction of sp³-hybridized carbons (Fsp3) is 0.500. The van der Waals surface area contributed by atoms with E-state index in [-0.39, 0.29) is 30.8 Å². The first kappa shape index (κ1) is 17.0. The second-order valence-electron chi connectivity index (χ2n) is 5.49. The number of carbonyl (C=O) groups is 3. The van der Waals surface area contributed by atoms with Crippen LogP contribution in [-0.2, 0) is 9.59 Å². The molecule has 2 atom stereocenters. The maximum absolute atomic E-state index is 12.2. The van der Waals surface area contributed by atoms with Gasteiger partial charge in [-0.1, -0.05) is 6.92 Å². The van der Waals surface area contributed by atoms with Crippen LogP contribution in [0.2, 0.25) is 0 Å². The van der Waals surface area contributed by atoms with Crippen LogP contribution >= 0.6 is 27.3 Å². The largest absolute Gasteiger partial charge is 0.481 e. The van der Waals surface area contributed by atoms with E-state index in [1.807, 2.05) is 6.92 Å². The lowest BCUT2D eigenvalue weighted by molar-refractivity contribution is -0.142. The summed E-state index contributed by atoms with van der Waals surface area (Å²) in [5, 5.41) is 9.10. The molecule has 2 amide bonds. The van der Waals surface area contributed by atoms with Crippen LogP contribution in [0.25, 0.3) is 0 Å². The Morgan fingerprint density at radius 2 is 2.09 bits per heavy atom. The number of hydrogen-bond acceptors (Lipinski definition) is 4. The Hall–Kier alpha value is -1.41. The van der Waals surface area contributed by atoms with Gasteiger partial charge >= 0.3 is 5.97 Å². The van der Waals surface area contributed by atoms with Crippen molar-refractivity contribution in [3.8, 4) is 0 Å². The molecule has 8 heteroatoms. The van der Waals surface area contributed by atoms with Crippen LogP contribution in [0.15, 0.2) is 15.9 Å². The van der Waals surface area contributed by atoms with Crippen LogP contribution in [-0.4, -0.2) is 59.4 Å². The number of carbonyl (C=O) groups excluding carboxylic acids is 2. The number of likely N-dealkylation sites (tertiary alicyclic amines) is 1. The Morgan fingerprint density at radius 1 is 1.41 bits per heavy atom. The minimum atomic E-state index is -0.879. The van der Waals surface area contributed by atoms with Gasteiger partial charge in [0.1, 0.15) is 0 Å². The second kappa shape index (κ2) is 6.78. The Labute approximate surface area is 140 Å². The molecule has 1 aliphatic heterocycles. The van der Waals surface area contributed by atoms with Gasteiger partial charge in [-0.15, -0.1) is 11.3 Å². The lowest BCUT2D eigenvalue weighted by atomic mass is 9.99. The van der Waals surface area contributed by atoms with Gasteiger partial charge < -0.3 is 14.9 Å². The maximum Gasteiger partial charge on any atom is 0.308 e. The number of hydrogen-bond donors (Lipinski definition) is 1. The van der Waals surface area contributed by atoms with Crippen molar-refractivity contribution in [2.75, 3.05) is 26.7 Å². The van der Waals surface area contributed by atoms with Crippen LogP contribution in [0, 0.1) is 11.8 Å². The first-order valence-electron chi connectivity index (χ1n) is 6.81. The predicted octanol–water partition coefficient (Wildman–Crippen LogP) is 1.76. The quantitative estimate of drug-likeness (QED) is 0.852. The average Bonchev–Trinajstić information content (AvgIpc) is 3.04. The molecule has 2 rings (SSSR count). The maximum atomic E-state index is 12.2. The number of likely N-dealkylation sites (N-methyl/N-ethyl adjacent to an activating group) is 1. The van der Waals surface area contributed by atoms with Crippen LogP contribution < -0.4 is 0 Å². The fourth-order valence-electron chi connectivity index (χ4n) is 2.48. The van der Waals surface area contributed by atoms with Crippen LogP contribution in [0.1, 0.15) is 16.6 Å². The molecule has 0 bridgehead atoms. The van der Waals surface area contributed by atoms with E-state index in [1.165, 1.54) is 21.1 Å². The van der Waals surface area contributed by atoms with Crippen LogP contribution in [0.4, 0.5) is 0 Å². The summed E-state index contributed by atoms with van der Waals surface area (Å²) in [6, 6.07) is 3.49. The molecule has 0 aromatic carbocycles. The topological polar surface area (TPSA) is 77.9 Å². The summed E-state index contributed by atoms with van der Waals surface area (Å²) in [6.45, 7) is 2.40. The zero-order chi connectivity index (χ0) is 16.4. The summed E-state index contributed by atoms with van der Waals surface area (Å²) in [5.74, 6) is -1.92. The zero-order valence-electron chi connectivity index (χ0n) is 12.3. The molecule has 2 heterocycles. The summed E-state index contributed by atoms with van der Waals surface area (Å²) in [7, 11) is 1.57. The summed E-state index contributed by atoms with van der Waals surface area (Å²) >= 11 is 4.61. The van der Waals surface area contributed by atoms with Crippen molar-refractivity contribution in [2.45, 2.75) is 6.92 Å². The number of carboxylic acids is 1. The molecule has 1 aromatic rings. The summed E-state index contributed by atoms with van der Waals surface area (Å²) in [4.78, 5) is 39.0. The van der Waals surface area contributed by atoms with Crippen LogP contribution in [0.3, 0.4) is 0 Å². The summed E-state index contributed by atoms with van der Waals surface area (Å²) in [5.41, 5.74) is 0. The van der Waals surface area contributed by atoms with E-state index < -0.39 is 11.9 Å². The highest BCUT2D eigenvalue weighted by Gasteiger charge is 2.37. The SMILES string of the molecule is C[C@@H]1CN(C(=O)CN(C)C(=O)c2ccc(Br)s2)C[C@H]1C(=O)O. The molecule has 22 heavy (non-hydrogen) atoms. The van der Waals surface area contributed by atoms with Gasteiger partial charge in [-0.25, -0.2) is 0 Å². The molecule has 0 radical (unpaired) electrons. The van der Waals surface area contributed by atoms with Crippen molar-refractivity contribution in [2.24, 2.45) is 11.8 Å². The number of nitrogens with zero attached hydrogens (tertiary/aromatic N) is 2. The zero-order valence-corrected chi connectivity index (χ0v) is 14.7. The van der Waals surface area contributed by atoms with E-state index in [4.69, 9.17) is 5.11 Å². The van der Waals surface area contributed by atoms with Gasteiger partial charge in [0, 0.05) is 20.1 Å². The predicted molar refractivity (Wildman–Crippen MR) is 85.8 cm³/mol. The summed E-state index contributed by atoms with van der Waals surface area (Å²) < 4.78 is 0.855. The van der Waals surface area contributed by atoms with E-state index in [0.29, 0.717) is 11.4 Å². The van der Waals surface area contributed by atoms with Gasteiger partial charge in [-0.05, 0) is 34.0 Å². The molecule has 1 aliphatic rings. The number of halogens is 1. The standard InChI is InChI=1S/C14H17BrN2O4S/c1-8-5-17(6-9(8)14(20)21)12(18)7-16(2)13(19)10-3-4-11(15)22-10/h3-4,8-9H,5-7H2,1-2H3,(H,20,21)/t8-,9-/m1/s1. The Balaban J connectivity index is 1.94. The number of amides is 2. The van der Waals surface area contributed by atoms with Gasteiger partial charge in [-0.2, -0.15) is 0 Å². The van der Waals surface area contributed by atoms with E-state index in [0.717, 1.165) is 3.79 Å². The van der Waals surface area contributed by atoms with Gasteiger partial charge in [0.15, 0.2) is 0 Å². The third-order valence-electron chi connectivity index (χ3n) is 3.79. The molecule has 1 saturated heterocycles. The highest BCUT2D eigenvalue weighted by atomic mass is 79.9. The van der Waals surface area contributed by atoms with Gasteiger partial charge in [0.25, 0.3) is 5.91 Å². The van der Waals surface area contributed by atoms with Crippen molar-refractivity contribution < 1.29 is 19.5 Å². The Kier molecular flexibility index (Phi) is 5.23. The lowest BCUT2D eigenvalue weighted by Gasteiger charge is -2.21. The number of aliphatic carboxylic acids is 1. The minimum absolute atomic E-state index is 0.0482. The highest BCUT2D eigenvalue weighted by molar-refractivity contribution is 9.11. The van der Waals surface area contributed by atoms with E-state index in [2.05, 4.69) is 15.9 Å². The van der Waals surface area contributed by atoms with E-state index >= 15 is 0 Å². The Bertz CT molecular complexity index is 603. The van der Waals surface area contributed by atoms with E-state index in [1.54, 1.807) is 19.2 Å². The Morgan fingerprint density at radius 3 is 2.59 bits per heavy atom. The first-order chi connectivity index (χ1) is 10.3. The molecule has 120 valence electrons. The molecule has 6 nitrogen and oxygen atoms in total. The number of rotatable bonds is 4. The summed E-state index contributed by atoms with van der Waals surface area (Å²) in [6.07, 6.45) is 0.